The maximum atomic E-state index is 10.6. The molecule has 1 aromatic carbocycles. The molecule has 0 spiro atoms. The van der Waals surface area contributed by atoms with Gasteiger partial charge in [0.05, 0.1) is 11.9 Å². The summed E-state index contributed by atoms with van der Waals surface area (Å²) in [5.41, 5.74) is 5.58. The number of carboxylic acid groups (broad SMARTS) is 1. The highest BCUT2D eigenvalue weighted by molar-refractivity contribution is 5.74. The monoisotopic (exact) mass is 348 g/mol. The number of rotatable bonds is 4. The van der Waals surface area contributed by atoms with E-state index in [1.807, 2.05) is 54.2 Å². The third-order valence-corrected chi connectivity index (χ3v) is 4.14. The molecule has 1 amide bonds. The molecule has 8 heteroatoms. The average molecular weight is 348 g/mol. The molecule has 2 N–H and O–H groups in total. The van der Waals surface area contributed by atoms with E-state index >= 15 is 0 Å². The highest BCUT2D eigenvalue weighted by Crippen LogP contribution is 2.28. The van der Waals surface area contributed by atoms with Gasteiger partial charge in [0, 0.05) is 25.4 Å². The van der Waals surface area contributed by atoms with Crippen molar-refractivity contribution in [2.75, 3.05) is 0 Å². The normalized spacial score (nSPS) is 11.0. The number of amides is 1. The van der Waals surface area contributed by atoms with Crippen LogP contribution in [0.4, 0.5) is 4.79 Å². The zero-order chi connectivity index (χ0) is 18.1. The van der Waals surface area contributed by atoms with E-state index in [4.69, 9.17) is 5.11 Å². The minimum Gasteiger partial charge on any atom is -0.465 e. The van der Waals surface area contributed by atoms with Gasteiger partial charge in [-0.3, -0.25) is 9.08 Å². The van der Waals surface area contributed by atoms with Gasteiger partial charge in [0.15, 0.2) is 5.65 Å². The van der Waals surface area contributed by atoms with Crippen molar-refractivity contribution in [3.63, 3.8) is 0 Å². The Morgan fingerprint density at radius 3 is 2.65 bits per heavy atom. The lowest BCUT2D eigenvalue weighted by Gasteiger charge is -2.09. The lowest BCUT2D eigenvalue weighted by Crippen LogP contribution is -2.19. The van der Waals surface area contributed by atoms with Crippen LogP contribution in [0.3, 0.4) is 0 Å². The van der Waals surface area contributed by atoms with Crippen LogP contribution in [0, 0.1) is 0 Å². The van der Waals surface area contributed by atoms with E-state index in [0.29, 0.717) is 0 Å². The van der Waals surface area contributed by atoms with Gasteiger partial charge in [-0.2, -0.15) is 5.10 Å². The average Bonchev–Trinajstić information content (AvgIpc) is 3.28. The molecule has 26 heavy (non-hydrogen) atoms. The topological polar surface area (TPSA) is 97.3 Å². The van der Waals surface area contributed by atoms with E-state index < -0.39 is 6.09 Å². The zero-order valence-corrected chi connectivity index (χ0v) is 14.0. The predicted molar refractivity (Wildman–Crippen MR) is 95.5 cm³/mol. The summed E-state index contributed by atoms with van der Waals surface area (Å²) in [6, 6.07) is 11.8. The molecule has 0 radical (unpaired) electrons. The van der Waals surface area contributed by atoms with Crippen LogP contribution in [0.1, 0.15) is 5.56 Å². The smallest absolute Gasteiger partial charge is 0.404 e. The first-order chi connectivity index (χ1) is 12.6. The van der Waals surface area contributed by atoms with Crippen molar-refractivity contribution in [3.8, 4) is 22.4 Å². The number of fused-ring (bicyclic) bond motifs is 1. The number of aromatic nitrogens is 5. The van der Waals surface area contributed by atoms with Gasteiger partial charge >= 0.3 is 6.09 Å². The van der Waals surface area contributed by atoms with Gasteiger partial charge in [0.2, 0.25) is 0 Å². The summed E-state index contributed by atoms with van der Waals surface area (Å²) in [7, 11) is 1.88. The molecular weight excluding hydrogens is 332 g/mol. The summed E-state index contributed by atoms with van der Waals surface area (Å²) in [5.74, 6) is 0. The Morgan fingerprint density at radius 1 is 1.15 bits per heavy atom. The molecule has 0 unspecified atom stereocenters. The minimum atomic E-state index is -1.04. The van der Waals surface area contributed by atoms with Gasteiger partial charge in [-0.15, -0.1) is 10.2 Å². The first-order valence-corrected chi connectivity index (χ1v) is 7.99. The first kappa shape index (κ1) is 15.8. The van der Waals surface area contributed by atoms with Crippen LogP contribution in [-0.4, -0.2) is 35.6 Å². The molecule has 4 rings (SSSR count). The second-order valence-electron chi connectivity index (χ2n) is 5.95. The second-order valence-corrected chi connectivity index (χ2v) is 5.95. The van der Waals surface area contributed by atoms with Crippen molar-refractivity contribution in [1.82, 2.24) is 29.7 Å². The van der Waals surface area contributed by atoms with Crippen LogP contribution in [0.5, 0.6) is 0 Å². The fourth-order valence-corrected chi connectivity index (χ4v) is 2.86. The molecule has 130 valence electrons. The van der Waals surface area contributed by atoms with Crippen LogP contribution >= 0.6 is 0 Å². The number of hydrogen-bond donors (Lipinski definition) is 2. The van der Waals surface area contributed by atoms with Gasteiger partial charge in [-0.25, -0.2) is 4.79 Å². The fraction of sp³-hybridized carbons (Fsp3) is 0.111. The van der Waals surface area contributed by atoms with Crippen molar-refractivity contribution < 1.29 is 9.90 Å². The number of nitrogens with zero attached hydrogens (tertiary/aromatic N) is 5. The fourth-order valence-electron chi connectivity index (χ4n) is 2.86. The Hall–Kier alpha value is -3.68. The molecule has 0 aliphatic heterocycles. The molecule has 0 fully saturated rings. The van der Waals surface area contributed by atoms with Crippen molar-refractivity contribution in [1.29, 1.82) is 0 Å². The third kappa shape index (κ3) is 3.00. The predicted octanol–water partition coefficient (Wildman–Crippen LogP) is 2.56. The maximum absolute atomic E-state index is 10.6. The lowest BCUT2D eigenvalue weighted by atomic mass is 10.0. The first-order valence-electron chi connectivity index (χ1n) is 7.99. The van der Waals surface area contributed by atoms with Crippen LogP contribution in [-0.2, 0) is 13.6 Å². The molecule has 0 aliphatic rings. The van der Waals surface area contributed by atoms with E-state index in [1.54, 1.807) is 11.0 Å². The Bertz CT molecular complexity index is 1080. The number of hydrogen-bond acceptors (Lipinski definition) is 4. The van der Waals surface area contributed by atoms with Crippen molar-refractivity contribution in [3.05, 3.63) is 60.7 Å². The highest BCUT2D eigenvalue weighted by atomic mass is 16.4. The van der Waals surface area contributed by atoms with Crippen LogP contribution < -0.4 is 5.32 Å². The quantitative estimate of drug-likeness (QED) is 0.591. The summed E-state index contributed by atoms with van der Waals surface area (Å²) >= 11 is 0. The number of pyridine rings is 1. The molecule has 0 saturated heterocycles. The SMILES string of the molecule is Cn1cc(-c2cc(-c3ccc(CNC(=O)O)cc3)n3cnnc3c2)cn1. The highest BCUT2D eigenvalue weighted by Gasteiger charge is 2.10. The van der Waals surface area contributed by atoms with Gasteiger partial charge in [0.1, 0.15) is 6.33 Å². The van der Waals surface area contributed by atoms with Crippen molar-refractivity contribution in [2.45, 2.75) is 6.54 Å². The van der Waals surface area contributed by atoms with E-state index in [0.717, 1.165) is 33.6 Å². The molecule has 0 bridgehead atoms. The summed E-state index contributed by atoms with van der Waals surface area (Å²) in [5, 5.41) is 23.5. The Labute approximate surface area is 148 Å². The Kier molecular flexibility index (Phi) is 3.85. The van der Waals surface area contributed by atoms with Gasteiger partial charge in [-0.1, -0.05) is 24.3 Å². The molecule has 8 nitrogen and oxygen atoms in total. The number of benzene rings is 1. The Balaban J connectivity index is 1.75. The van der Waals surface area contributed by atoms with E-state index in [2.05, 4.69) is 26.7 Å². The standard InChI is InChI=1S/C18H16N6O2/c1-23-10-15(9-21-23)14-6-16(24-11-20-22-17(24)7-14)13-4-2-12(3-5-13)8-19-18(25)26/h2-7,9-11,19H,8H2,1H3,(H,25,26). The summed E-state index contributed by atoms with van der Waals surface area (Å²) in [4.78, 5) is 10.6. The summed E-state index contributed by atoms with van der Waals surface area (Å²) in [6.45, 7) is 0.271. The molecular formula is C18H16N6O2. The molecule has 3 heterocycles. The number of nitrogens with one attached hydrogen (secondary N) is 1. The molecule has 0 atom stereocenters. The largest absolute Gasteiger partial charge is 0.465 e. The Morgan fingerprint density at radius 2 is 1.96 bits per heavy atom. The summed E-state index contributed by atoms with van der Waals surface area (Å²) < 4.78 is 3.68. The minimum absolute atomic E-state index is 0.271. The van der Waals surface area contributed by atoms with Gasteiger partial charge < -0.3 is 10.4 Å². The van der Waals surface area contributed by atoms with E-state index in [9.17, 15) is 4.79 Å². The number of aryl methyl sites for hydroxylation is 1. The zero-order valence-electron chi connectivity index (χ0n) is 14.0. The lowest BCUT2D eigenvalue weighted by molar-refractivity contribution is 0.194. The molecule has 4 aromatic rings. The molecule has 0 saturated carbocycles. The summed E-state index contributed by atoms with van der Waals surface area (Å²) in [6.07, 6.45) is 4.40. The van der Waals surface area contributed by atoms with Crippen LogP contribution in [0.25, 0.3) is 28.0 Å². The molecule has 3 aromatic heterocycles. The van der Waals surface area contributed by atoms with Crippen molar-refractivity contribution in [2.24, 2.45) is 7.05 Å². The molecule has 0 aliphatic carbocycles. The van der Waals surface area contributed by atoms with Gasteiger partial charge in [0.25, 0.3) is 0 Å². The van der Waals surface area contributed by atoms with Crippen LogP contribution in [0.15, 0.2) is 55.1 Å². The van der Waals surface area contributed by atoms with Gasteiger partial charge in [-0.05, 0) is 28.8 Å². The maximum Gasteiger partial charge on any atom is 0.404 e. The van der Waals surface area contributed by atoms with E-state index in [-0.39, 0.29) is 6.54 Å². The van der Waals surface area contributed by atoms with Crippen LogP contribution in [0.2, 0.25) is 0 Å². The number of carbonyl (C=O) groups is 1. The third-order valence-electron chi connectivity index (χ3n) is 4.14. The van der Waals surface area contributed by atoms with Crippen molar-refractivity contribution >= 4 is 11.7 Å². The second kappa shape index (κ2) is 6.32. The van der Waals surface area contributed by atoms with E-state index in [1.165, 1.54) is 0 Å².